The molecule has 0 saturated heterocycles. The molecular weight excluding hydrogens is 300 g/mol. The predicted molar refractivity (Wildman–Crippen MR) is 95.1 cm³/mol. The van der Waals surface area contributed by atoms with Crippen LogP contribution in [0.15, 0.2) is 78.9 Å². The Hall–Kier alpha value is -2.95. The molecule has 0 aliphatic carbocycles. The maximum Gasteiger partial charge on any atom is 0.199 e. The molecule has 1 atom stereocenters. The number of rotatable bonds is 5. The number of hydrogen-bond donors (Lipinski definition) is 2. The average molecular weight is 318 g/mol. The number of carbonyl (C=O) groups is 1. The second-order valence-electron chi connectivity index (χ2n) is 5.56. The van der Waals surface area contributed by atoms with Crippen molar-refractivity contribution in [2.24, 2.45) is 0 Å². The molecule has 0 fully saturated rings. The molecule has 1 unspecified atom stereocenters. The Balaban J connectivity index is 1.90. The fourth-order valence-electron chi connectivity index (χ4n) is 2.46. The maximum atomic E-state index is 12.8. The highest BCUT2D eigenvalue weighted by molar-refractivity contribution is 6.11. The fraction of sp³-hybridized carbons (Fsp3) is 0.0500. The van der Waals surface area contributed by atoms with Gasteiger partial charge in [0.25, 0.3) is 0 Å². The molecule has 0 spiro atoms. The highest BCUT2D eigenvalue weighted by Crippen LogP contribution is 2.17. The molecule has 4 heteroatoms. The minimum absolute atomic E-state index is 0.159. The number of ketones is 1. The van der Waals surface area contributed by atoms with E-state index in [9.17, 15) is 10.0 Å². The standard InChI is InChI=1S/C20H18N2O2/c1-15-11-13-16(14-12-15)20(23)18-9-5-6-10-19(18)22(24)21-17-7-3-2-4-8-17/h2-14,21-22H,1H3. The van der Waals surface area contributed by atoms with Crippen molar-refractivity contribution in [2.45, 2.75) is 6.92 Å². The van der Waals surface area contributed by atoms with Crippen molar-refractivity contribution in [1.82, 2.24) is 0 Å². The van der Waals surface area contributed by atoms with Gasteiger partial charge < -0.3 is 5.21 Å². The molecule has 2 N–H and O–H groups in total. The summed E-state index contributed by atoms with van der Waals surface area (Å²) >= 11 is 0. The van der Waals surface area contributed by atoms with Crippen LogP contribution in [0.25, 0.3) is 0 Å². The molecule has 0 aromatic heterocycles. The van der Waals surface area contributed by atoms with E-state index in [-0.39, 0.29) is 11.0 Å². The summed E-state index contributed by atoms with van der Waals surface area (Å²) in [4.78, 5) is 12.8. The molecule has 24 heavy (non-hydrogen) atoms. The van der Waals surface area contributed by atoms with Gasteiger partial charge in [-0.25, -0.2) is 10.6 Å². The van der Waals surface area contributed by atoms with Gasteiger partial charge in [-0.2, -0.15) is 0 Å². The number of nitrogens with one attached hydrogen (secondary N) is 2. The van der Waals surface area contributed by atoms with E-state index in [1.165, 1.54) is 0 Å². The molecule has 3 aromatic rings. The molecule has 0 aliphatic heterocycles. The van der Waals surface area contributed by atoms with Crippen LogP contribution in [0.3, 0.4) is 0 Å². The lowest BCUT2D eigenvalue weighted by Gasteiger charge is -2.24. The minimum Gasteiger partial charge on any atom is -0.603 e. The Morgan fingerprint density at radius 2 is 1.50 bits per heavy atom. The average Bonchev–Trinajstić information content (AvgIpc) is 2.62. The molecular formula is C20H18N2O2. The van der Waals surface area contributed by atoms with Gasteiger partial charge in [0.2, 0.25) is 0 Å². The van der Waals surface area contributed by atoms with Crippen LogP contribution in [-0.4, -0.2) is 5.78 Å². The van der Waals surface area contributed by atoms with Crippen molar-refractivity contribution < 1.29 is 9.97 Å². The van der Waals surface area contributed by atoms with Gasteiger partial charge in [-0.15, -0.1) is 0 Å². The Labute approximate surface area is 140 Å². The number of hydrogen-bond acceptors (Lipinski definition) is 3. The van der Waals surface area contributed by atoms with Gasteiger partial charge in [0.15, 0.2) is 11.5 Å². The zero-order valence-electron chi connectivity index (χ0n) is 13.3. The third-order valence-electron chi connectivity index (χ3n) is 3.76. The van der Waals surface area contributed by atoms with Crippen molar-refractivity contribution >= 4 is 17.2 Å². The lowest BCUT2D eigenvalue weighted by atomic mass is 10.0. The maximum absolute atomic E-state index is 12.8. The largest absolute Gasteiger partial charge is 0.603 e. The summed E-state index contributed by atoms with van der Waals surface area (Å²) in [6.07, 6.45) is 0. The van der Waals surface area contributed by atoms with Gasteiger partial charge >= 0.3 is 0 Å². The molecule has 3 rings (SSSR count). The van der Waals surface area contributed by atoms with Gasteiger partial charge in [-0.3, -0.25) is 4.79 Å². The van der Waals surface area contributed by atoms with Gasteiger partial charge in [0, 0.05) is 11.6 Å². The Bertz CT molecular complexity index is 830. The first kappa shape index (κ1) is 15.9. The Morgan fingerprint density at radius 1 is 0.875 bits per heavy atom. The SMILES string of the molecule is Cc1ccc(C(=O)c2ccccc2[NH+]([O-])Nc2ccccc2)cc1. The molecule has 0 heterocycles. The number of quaternary nitrogens is 1. The highest BCUT2D eigenvalue weighted by atomic mass is 16.5. The Kier molecular flexibility index (Phi) is 4.70. The van der Waals surface area contributed by atoms with Crippen molar-refractivity contribution in [2.75, 3.05) is 5.43 Å². The second-order valence-corrected chi connectivity index (χ2v) is 5.56. The quantitative estimate of drug-likeness (QED) is 0.561. The molecule has 0 amide bonds. The number of aryl methyl sites for hydroxylation is 1. The topological polar surface area (TPSA) is 56.6 Å². The normalized spacial score (nSPS) is 11.8. The summed E-state index contributed by atoms with van der Waals surface area (Å²) in [5.41, 5.74) is 5.94. The summed E-state index contributed by atoms with van der Waals surface area (Å²) in [5.74, 6) is -0.159. The van der Waals surface area contributed by atoms with Crippen LogP contribution in [0, 0.1) is 12.1 Å². The van der Waals surface area contributed by atoms with Crippen molar-refractivity contribution in [3.05, 3.63) is 101 Å². The third-order valence-corrected chi connectivity index (χ3v) is 3.76. The first-order chi connectivity index (χ1) is 11.6. The van der Waals surface area contributed by atoms with Crippen LogP contribution in [0.4, 0.5) is 11.4 Å². The first-order valence-electron chi connectivity index (χ1n) is 7.72. The summed E-state index contributed by atoms with van der Waals surface area (Å²) in [6, 6.07) is 23.4. The van der Waals surface area contributed by atoms with Crippen LogP contribution >= 0.6 is 0 Å². The van der Waals surface area contributed by atoms with Crippen molar-refractivity contribution in [3.63, 3.8) is 0 Å². The van der Waals surface area contributed by atoms with E-state index in [1.807, 2.05) is 49.4 Å². The molecule has 0 saturated carbocycles. The van der Waals surface area contributed by atoms with E-state index in [0.717, 1.165) is 5.56 Å². The highest BCUT2D eigenvalue weighted by Gasteiger charge is 2.18. The molecule has 0 aliphatic rings. The lowest BCUT2D eigenvalue weighted by Crippen LogP contribution is -3.06. The summed E-state index contributed by atoms with van der Waals surface area (Å²) in [6.45, 7) is 1.97. The smallest absolute Gasteiger partial charge is 0.199 e. The van der Waals surface area contributed by atoms with Crippen LogP contribution in [0.2, 0.25) is 0 Å². The number of para-hydroxylation sites is 2. The van der Waals surface area contributed by atoms with E-state index in [4.69, 9.17) is 0 Å². The predicted octanol–water partition coefficient (Wildman–Crippen LogP) is 3.27. The van der Waals surface area contributed by atoms with Crippen LogP contribution in [0.5, 0.6) is 0 Å². The van der Waals surface area contributed by atoms with E-state index < -0.39 is 0 Å². The van der Waals surface area contributed by atoms with Gasteiger partial charge in [-0.1, -0.05) is 60.2 Å². The molecule has 3 aromatic carbocycles. The lowest BCUT2D eigenvalue weighted by molar-refractivity contribution is -0.749. The monoisotopic (exact) mass is 318 g/mol. The summed E-state index contributed by atoms with van der Waals surface area (Å²) in [5, 5.41) is 12.3. The van der Waals surface area contributed by atoms with Gasteiger partial charge in [-0.05, 0) is 25.1 Å². The van der Waals surface area contributed by atoms with E-state index in [2.05, 4.69) is 5.43 Å². The minimum atomic E-state index is -0.294. The van der Waals surface area contributed by atoms with Gasteiger partial charge in [0.05, 0.1) is 11.3 Å². The van der Waals surface area contributed by atoms with Crippen LogP contribution in [-0.2, 0) is 0 Å². The Morgan fingerprint density at radius 3 is 2.21 bits per heavy atom. The first-order valence-corrected chi connectivity index (χ1v) is 7.72. The molecule has 120 valence electrons. The molecule has 4 nitrogen and oxygen atoms in total. The summed E-state index contributed by atoms with van der Waals surface area (Å²) in [7, 11) is 0. The molecule has 0 bridgehead atoms. The zero-order valence-corrected chi connectivity index (χ0v) is 13.3. The van der Waals surface area contributed by atoms with E-state index in [0.29, 0.717) is 22.5 Å². The van der Waals surface area contributed by atoms with Gasteiger partial charge in [0.1, 0.15) is 0 Å². The second kappa shape index (κ2) is 7.08. The van der Waals surface area contributed by atoms with Crippen LogP contribution < -0.4 is 10.6 Å². The zero-order chi connectivity index (χ0) is 16.9. The van der Waals surface area contributed by atoms with E-state index >= 15 is 0 Å². The number of carbonyl (C=O) groups excluding carboxylic acids is 1. The summed E-state index contributed by atoms with van der Waals surface area (Å²) < 4.78 is 0. The van der Waals surface area contributed by atoms with E-state index in [1.54, 1.807) is 36.4 Å². The molecule has 0 radical (unpaired) electrons. The van der Waals surface area contributed by atoms with Crippen molar-refractivity contribution in [1.29, 1.82) is 0 Å². The number of anilines is 1. The van der Waals surface area contributed by atoms with Crippen LogP contribution in [0.1, 0.15) is 21.5 Å². The third kappa shape index (κ3) is 3.51. The number of benzene rings is 3. The van der Waals surface area contributed by atoms with Crippen molar-refractivity contribution in [3.8, 4) is 0 Å². The fourth-order valence-corrected chi connectivity index (χ4v) is 2.46.